The maximum atomic E-state index is 3.61. The van der Waals surface area contributed by atoms with E-state index in [1.165, 1.54) is 56.5 Å². The number of hydrogen-bond donors (Lipinski definition) is 2. The summed E-state index contributed by atoms with van der Waals surface area (Å²) in [6.45, 7) is 1.19. The molecule has 1 aromatic heterocycles. The standard InChI is InChI=1S/C12H18N2/c1-2-5-10-9(4-1)8-12(14-10)11-6-3-7-13-11/h8,11,13-14H,1-7H2. The van der Waals surface area contributed by atoms with Gasteiger partial charge in [0.1, 0.15) is 0 Å². The van der Waals surface area contributed by atoms with Gasteiger partial charge in [0.05, 0.1) is 0 Å². The molecule has 0 saturated carbocycles. The van der Waals surface area contributed by atoms with Gasteiger partial charge in [-0.05, 0) is 56.7 Å². The largest absolute Gasteiger partial charge is 0.361 e. The van der Waals surface area contributed by atoms with Gasteiger partial charge in [-0.15, -0.1) is 0 Å². The second kappa shape index (κ2) is 3.43. The van der Waals surface area contributed by atoms with Crippen molar-refractivity contribution < 1.29 is 0 Å². The first-order valence-corrected chi connectivity index (χ1v) is 5.87. The zero-order chi connectivity index (χ0) is 9.38. The molecule has 14 heavy (non-hydrogen) atoms. The molecule has 2 heteroatoms. The molecule has 1 fully saturated rings. The first-order valence-electron chi connectivity index (χ1n) is 5.87. The molecule has 2 heterocycles. The Morgan fingerprint density at radius 2 is 2.07 bits per heavy atom. The van der Waals surface area contributed by atoms with Gasteiger partial charge in [0.25, 0.3) is 0 Å². The number of aryl methyl sites for hydroxylation is 2. The molecule has 0 spiro atoms. The van der Waals surface area contributed by atoms with Crippen molar-refractivity contribution >= 4 is 0 Å². The van der Waals surface area contributed by atoms with Crippen molar-refractivity contribution in [3.05, 3.63) is 23.0 Å². The quantitative estimate of drug-likeness (QED) is 0.699. The lowest BCUT2D eigenvalue weighted by Crippen LogP contribution is -2.13. The third kappa shape index (κ3) is 1.38. The lowest BCUT2D eigenvalue weighted by Gasteiger charge is -2.09. The number of rotatable bonds is 1. The van der Waals surface area contributed by atoms with E-state index in [1.807, 2.05) is 0 Å². The number of nitrogens with one attached hydrogen (secondary N) is 2. The van der Waals surface area contributed by atoms with Gasteiger partial charge in [0.2, 0.25) is 0 Å². The van der Waals surface area contributed by atoms with Crippen LogP contribution in [0.1, 0.15) is 48.7 Å². The fourth-order valence-electron chi connectivity index (χ4n) is 2.77. The van der Waals surface area contributed by atoms with Gasteiger partial charge < -0.3 is 10.3 Å². The summed E-state index contributed by atoms with van der Waals surface area (Å²) in [6, 6.07) is 3.01. The summed E-state index contributed by atoms with van der Waals surface area (Å²) in [5.41, 5.74) is 4.54. The van der Waals surface area contributed by atoms with Crippen molar-refractivity contribution in [1.82, 2.24) is 10.3 Å². The monoisotopic (exact) mass is 190 g/mol. The van der Waals surface area contributed by atoms with E-state index in [4.69, 9.17) is 0 Å². The Labute approximate surface area is 85.1 Å². The van der Waals surface area contributed by atoms with Gasteiger partial charge >= 0.3 is 0 Å². The predicted octanol–water partition coefficient (Wildman–Crippen LogP) is 2.32. The third-order valence-corrected chi connectivity index (χ3v) is 3.57. The second-order valence-corrected chi connectivity index (χ2v) is 4.58. The van der Waals surface area contributed by atoms with Crippen molar-refractivity contribution in [1.29, 1.82) is 0 Å². The Balaban J connectivity index is 1.87. The normalized spacial score (nSPS) is 26.4. The minimum atomic E-state index is 0.612. The van der Waals surface area contributed by atoms with E-state index >= 15 is 0 Å². The van der Waals surface area contributed by atoms with Crippen LogP contribution in [0.3, 0.4) is 0 Å². The molecular weight excluding hydrogens is 172 g/mol. The Bertz CT molecular complexity index is 298. The van der Waals surface area contributed by atoms with Crippen LogP contribution in [0, 0.1) is 0 Å². The Hall–Kier alpha value is -0.760. The van der Waals surface area contributed by atoms with Crippen LogP contribution in [-0.2, 0) is 12.8 Å². The predicted molar refractivity (Wildman–Crippen MR) is 57.4 cm³/mol. The third-order valence-electron chi connectivity index (χ3n) is 3.57. The topological polar surface area (TPSA) is 27.8 Å². The lowest BCUT2D eigenvalue weighted by atomic mass is 9.98. The summed E-state index contributed by atoms with van der Waals surface area (Å²) in [6.07, 6.45) is 7.93. The van der Waals surface area contributed by atoms with Crippen LogP contribution in [0.5, 0.6) is 0 Å². The van der Waals surface area contributed by atoms with E-state index in [0.29, 0.717) is 6.04 Å². The van der Waals surface area contributed by atoms with Gasteiger partial charge in [-0.1, -0.05) is 0 Å². The highest BCUT2D eigenvalue weighted by molar-refractivity contribution is 5.30. The summed E-state index contributed by atoms with van der Waals surface area (Å²) in [7, 11) is 0. The van der Waals surface area contributed by atoms with Crippen LogP contribution < -0.4 is 5.32 Å². The first-order chi connectivity index (χ1) is 6.93. The van der Waals surface area contributed by atoms with Crippen molar-refractivity contribution in [2.45, 2.75) is 44.6 Å². The fraction of sp³-hybridized carbons (Fsp3) is 0.667. The van der Waals surface area contributed by atoms with Crippen LogP contribution in [0.4, 0.5) is 0 Å². The highest BCUT2D eigenvalue weighted by Crippen LogP contribution is 2.28. The Morgan fingerprint density at radius 3 is 2.86 bits per heavy atom. The summed E-state index contributed by atoms with van der Waals surface area (Å²) < 4.78 is 0. The smallest absolute Gasteiger partial charge is 0.0473 e. The summed E-state index contributed by atoms with van der Waals surface area (Å²) in [5, 5.41) is 3.55. The molecule has 1 saturated heterocycles. The molecule has 1 unspecified atom stereocenters. The molecule has 3 rings (SSSR count). The number of aromatic nitrogens is 1. The average molecular weight is 190 g/mol. The fourth-order valence-corrected chi connectivity index (χ4v) is 2.77. The molecule has 2 N–H and O–H groups in total. The molecule has 1 aliphatic carbocycles. The molecule has 1 aliphatic heterocycles. The summed E-state index contributed by atoms with van der Waals surface area (Å²) in [5.74, 6) is 0. The van der Waals surface area contributed by atoms with E-state index in [9.17, 15) is 0 Å². The van der Waals surface area contributed by atoms with Gasteiger partial charge in [-0.2, -0.15) is 0 Å². The molecule has 1 aromatic rings. The van der Waals surface area contributed by atoms with Crippen LogP contribution in [0.2, 0.25) is 0 Å². The average Bonchev–Trinajstić information content (AvgIpc) is 2.86. The van der Waals surface area contributed by atoms with E-state index in [2.05, 4.69) is 16.4 Å². The molecule has 0 radical (unpaired) electrons. The number of H-pyrrole nitrogens is 1. The Morgan fingerprint density at radius 1 is 1.14 bits per heavy atom. The maximum Gasteiger partial charge on any atom is 0.0473 e. The van der Waals surface area contributed by atoms with Crippen LogP contribution in [-0.4, -0.2) is 11.5 Å². The first kappa shape index (κ1) is 8.54. The highest BCUT2D eigenvalue weighted by atomic mass is 15.0. The van der Waals surface area contributed by atoms with Crippen molar-refractivity contribution in [3.8, 4) is 0 Å². The number of hydrogen-bond acceptors (Lipinski definition) is 1. The molecule has 76 valence electrons. The van der Waals surface area contributed by atoms with Crippen molar-refractivity contribution in [3.63, 3.8) is 0 Å². The summed E-state index contributed by atoms with van der Waals surface area (Å²) in [4.78, 5) is 3.61. The lowest BCUT2D eigenvalue weighted by molar-refractivity contribution is 0.627. The maximum absolute atomic E-state index is 3.61. The van der Waals surface area contributed by atoms with Crippen molar-refractivity contribution in [2.24, 2.45) is 0 Å². The number of fused-ring (bicyclic) bond motifs is 1. The molecule has 2 nitrogen and oxygen atoms in total. The van der Waals surface area contributed by atoms with Crippen molar-refractivity contribution in [2.75, 3.05) is 6.54 Å². The van der Waals surface area contributed by atoms with Crippen LogP contribution >= 0.6 is 0 Å². The molecule has 1 atom stereocenters. The summed E-state index contributed by atoms with van der Waals surface area (Å²) >= 11 is 0. The second-order valence-electron chi connectivity index (χ2n) is 4.58. The molecule has 0 amide bonds. The minimum Gasteiger partial charge on any atom is -0.361 e. The SMILES string of the molecule is c1c(C2CCCN2)[nH]c2c1CCCC2. The van der Waals surface area contributed by atoms with E-state index in [0.717, 1.165) is 0 Å². The van der Waals surface area contributed by atoms with Gasteiger partial charge in [0, 0.05) is 17.4 Å². The van der Waals surface area contributed by atoms with E-state index in [-0.39, 0.29) is 0 Å². The Kier molecular flexibility index (Phi) is 2.09. The number of aromatic amines is 1. The van der Waals surface area contributed by atoms with Crippen LogP contribution in [0.15, 0.2) is 6.07 Å². The molecule has 2 aliphatic rings. The van der Waals surface area contributed by atoms with E-state index in [1.54, 1.807) is 5.56 Å². The van der Waals surface area contributed by atoms with Gasteiger partial charge in [-0.3, -0.25) is 0 Å². The van der Waals surface area contributed by atoms with Gasteiger partial charge in [0.15, 0.2) is 0 Å². The zero-order valence-electron chi connectivity index (χ0n) is 8.60. The molecule has 0 aromatic carbocycles. The minimum absolute atomic E-state index is 0.612. The zero-order valence-corrected chi connectivity index (χ0v) is 8.60. The van der Waals surface area contributed by atoms with Gasteiger partial charge in [-0.25, -0.2) is 0 Å². The molecular formula is C12H18N2. The van der Waals surface area contributed by atoms with Crippen LogP contribution in [0.25, 0.3) is 0 Å². The van der Waals surface area contributed by atoms with E-state index < -0.39 is 0 Å². The highest BCUT2D eigenvalue weighted by Gasteiger charge is 2.20. The molecule has 0 bridgehead atoms.